The fourth-order valence-corrected chi connectivity index (χ4v) is 3.15. The molecule has 0 aromatic heterocycles. The zero-order chi connectivity index (χ0) is 14.2. The highest BCUT2D eigenvalue weighted by molar-refractivity contribution is 14.1. The first kappa shape index (κ1) is 15.9. The van der Waals surface area contributed by atoms with E-state index in [4.69, 9.17) is 9.47 Å². The first-order chi connectivity index (χ1) is 9.83. The smallest absolute Gasteiger partial charge is 0.120 e. The average molecular weight is 388 g/mol. The van der Waals surface area contributed by atoms with Crippen molar-refractivity contribution in [3.63, 3.8) is 0 Å². The predicted octanol–water partition coefficient (Wildman–Crippen LogP) is 3.53. The molecule has 1 saturated heterocycles. The Morgan fingerprint density at radius 2 is 2.15 bits per heavy atom. The molecule has 0 amide bonds. The van der Waals surface area contributed by atoms with Gasteiger partial charge in [-0.25, -0.2) is 0 Å². The molecule has 2 rings (SSSR count). The number of carbonyl (C=O) groups is 1. The number of alkyl halides is 1. The van der Waals surface area contributed by atoms with Crippen LogP contribution >= 0.6 is 22.6 Å². The number of benzene rings is 1. The Labute approximate surface area is 134 Å². The van der Waals surface area contributed by atoms with Gasteiger partial charge in [-0.15, -0.1) is 0 Å². The van der Waals surface area contributed by atoms with E-state index in [0.717, 1.165) is 35.5 Å². The van der Waals surface area contributed by atoms with Crippen LogP contribution in [-0.4, -0.2) is 29.0 Å². The van der Waals surface area contributed by atoms with Crippen LogP contribution in [0.5, 0.6) is 0 Å². The maximum atomic E-state index is 10.6. The Balaban J connectivity index is 1.88. The number of carbonyl (C=O) groups excluding carboxylic acids is 1. The molecule has 20 heavy (non-hydrogen) atoms. The Bertz CT molecular complexity index is 396. The monoisotopic (exact) mass is 388 g/mol. The van der Waals surface area contributed by atoms with E-state index in [9.17, 15) is 4.79 Å². The van der Waals surface area contributed by atoms with Gasteiger partial charge in [-0.3, -0.25) is 0 Å². The van der Waals surface area contributed by atoms with Crippen molar-refractivity contribution in [2.45, 2.75) is 50.6 Å². The molecule has 0 unspecified atom stereocenters. The molecule has 3 nitrogen and oxygen atoms in total. The summed E-state index contributed by atoms with van der Waals surface area (Å²) in [4.78, 5) is 10.6. The summed E-state index contributed by atoms with van der Waals surface area (Å²) in [5.74, 6) is 0. The fourth-order valence-electron chi connectivity index (χ4n) is 2.51. The van der Waals surface area contributed by atoms with Gasteiger partial charge in [0, 0.05) is 10.8 Å². The topological polar surface area (TPSA) is 35.5 Å². The van der Waals surface area contributed by atoms with Crippen molar-refractivity contribution in [2.24, 2.45) is 0 Å². The van der Waals surface area contributed by atoms with Crippen LogP contribution in [0.4, 0.5) is 0 Å². The molecular formula is C16H21IO3. The van der Waals surface area contributed by atoms with Crippen LogP contribution in [-0.2, 0) is 20.9 Å². The maximum absolute atomic E-state index is 10.6. The lowest BCUT2D eigenvalue weighted by atomic mass is 10.1. The molecule has 0 saturated carbocycles. The van der Waals surface area contributed by atoms with Gasteiger partial charge in [0.1, 0.15) is 6.29 Å². The van der Waals surface area contributed by atoms with Crippen molar-refractivity contribution in [1.29, 1.82) is 0 Å². The number of hydrogen-bond donors (Lipinski definition) is 0. The molecule has 0 radical (unpaired) electrons. The summed E-state index contributed by atoms with van der Waals surface area (Å²) in [5.41, 5.74) is 1.16. The molecule has 4 heteroatoms. The second-order valence-corrected chi connectivity index (χ2v) is 5.99. The number of halogens is 1. The van der Waals surface area contributed by atoms with Crippen LogP contribution < -0.4 is 0 Å². The van der Waals surface area contributed by atoms with Gasteiger partial charge in [-0.2, -0.15) is 0 Å². The molecule has 3 atom stereocenters. The molecule has 0 aliphatic carbocycles. The third-order valence-electron chi connectivity index (χ3n) is 3.60. The van der Waals surface area contributed by atoms with Crippen molar-refractivity contribution < 1.29 is 14.3 Å². The largest absolute Gasteiger partial charge is 0.371 e. The highest BCUT2D eigenvalue weighted by Gasteiger charge is 2.31. The molecule has 1 aliphatic rings. The van der Waals surface area contributed by atoms with Crippen LogP contribution in [0.2, 0.25) is 0 Å². The van der Waals surface area contributed by atoms with Gasteiger partial charge in [0.15, 0.2) is 0 Å². The Morgan fingerprint density at radius 1 is 1.35 bits per heavy atom. The molecular weight excluding hydrogens is 367 g/mol. The zero-order valence-corrected chi connectivity index (χ0v) is 13.7. The number of ether oxygens (including phenoxy) is 2. The summed E-state index contributed by atoms with van der Waals surface area (Å²) < 4.78 is 13.1. The van der Waals surface area contributed by atoms with E-state index in [1.807, 2.05) is 18.2 Å². The highest BCUT2D eigenvalue weighted by Crippen LogP contribution is 2.27. The number of aldehydes is 1. The van der Waals surface area contributed by atoms with Crippen molar-refractivity contribution in [3.05, 3.63) is 35.9 Å². The number of hydrogen-bond acceptors (Lipinski definition) is 3. The van der Waals surface area contributed by atoms with Gasteiger partial charge in [-0.05, 0) is 24.8 Å². The van der Waals surface area contributed by atoms with Gasteiger partial charge in [0.05, 0.1) is 24.9 Å². The van der Waals surface area contributed by atoms with Crippen molar-refractivity contribution in [3.8, 4) is 0 Å². The standard InChI is InChI=1S/C16H21IO3/c17-11-14-8-9-16(20-14)15(7-4-10-18)19-12-13-5-2-1-3-6-13/h1-3,5-6,10,14-16H,4,7-9,11-12H2/t14-,15+,16-/m1/s1. The minimum Gasteiger partial charge on any atom is -0.371 e. The molecule has 1 aromatic carbocycles. The van der Waals surface area contributed by atoms with Crippen molar-refractivity contribution in [1.82, 2.24) is 0 Å². The highest BCUT2D eigenvalue weighted by atomic mass is 127. The normalized spacial score (nSPS) is 23.6. The molecule has 1 fully saturated rings. The first-order valence-electron chi connectivity index (χ1n) is 7.14. The molecule has 1 heterocycles. The van der Waals surface area contributed by atoms with E-state index in [-0.39, 0.29) is 12.2 Å². The van der Waals surface area contributed by atoms with Gasteiger partial charge in [0.2, 0.25) is 0 Å². The SMILES string of the molecule is O=CCC[C@H](OCc1ccccc1)[C@H]1CC[C@H](CI)O1. The molecule has 0 spiro atoms. The van der Waals surface area contributed by atoms with Crippen molar-refractivity contribution in [2.75, 3.05) is 4.43 Å². The van der Waals surface area contributed by atoms with Gasteiger partial charge in [-0.1, -0.05) is 52.9 Å². The van der Waals surface area contributed by atoms with Crippen LogP contribution in [0.25, 0.3) is 0 Å². The minimum absolute atomic E-state index is 0.0216. The second-order valence-electron chi connectivity index (χ2n) is 5.11. The molecule has 0 N–H and O–H groups in total. The molecule has 1 aromatic rings. The van der Waals surface area contributed by atoms with Crippen LogP contribution in [0.15, 0.2) is 30.3 Å². The summed E-state index contributed by atoms with van der Waals surface area (Å²) >= 11 is 2.36. The minimum atomic E-state index is 0.0216. The Hall–Kier alpha value is -0.460. The van der Waals surface area contributed by atoms with E-state index >= 15 is 0 Å². The lowest BCUT2D eigenvalue weighted by Gasteiger charge is -2.23. The summed E-state index contributed by atoms with van der Waals surface area (Å²) in [6.45, 7) is 0.582. The van der Waals surface area contributed by atoms with Crippen LogP contribution in [0, 0.1) is 0 Å². The molecule has 1 aliphatic heterocycles. The summed E-state index contributed by atoms with van der Waals surface area (Å²) in [5, 5.41) is 0. The van der Waals surface area contributed by atoms with Crippen LogP contribution in [0.1, 0.15) is 31.2 Å². The molecule has 0 bridgehead atoms. The third-order valence-corrected chi connectivity index (χ3v) is 4.59. The maximum Gasteiger partial charge on any atom is 0.120 e. The average Bonchev–Trinajstić information content (AvgIpc) is 2.97. The molecule has 110 valence electrons. The second kappa shape index (κ2) is 8.74. The van der Waals surface area contributed by atoms with Gasteiger partial charge < -0.3 is 14.3 Å². The first-order valence-corrected chi connectivity index (χ1v) is 8.66. The van der Waals surface area contributed by atoms with E-state index in [0.29, 0.717) is 19.1 Å². The fraction of sp³-hybridized carbons (Fsp3) is 0.562. The van der Waals surface area contributed by atoms with E-state index in [2.05, 4.69) is 34.7 Å². The van der Waals surface area contributed by atoms with E-state index in [1.54, 1.807) is 0 Å². The Morgan fingerprint density at radius 3 is 2.80 bits per heavy atom. The van der Waals surface area contributed by atoms with Gasteiger partial charge >= 0.3 is 0 Å². The lowest BCUT2D eigenvalue weighted by molar-refractivity contribution is -0.110. The van der Waals surface area contributed by atoms with Crippen LogP contribution in [0.3, 0.4) is 0 Å². The summed E-state index contributed by atoms with van der Waals surface area (Å²) in [6, 6.07) is 10.1. The Kier molecular flexibility index (Phi) is 6.96. The van der Waals surface area contributed by atoms with Gasteiger partial charge in [0.25, 0.3) is 0 Å². The predicted molar refractivity (Wildman–Crippen MR) is 87.1 cm³/mol. The van der Waals surface area contributed by atoms with Crippen molar-refractivity contribution >= 4 is 28.9 Å². The third kappa shape index (κ3) is 4.82. The van der Waals surface area contributed by atoms with E-state index in [1.165, 1.54) is 0 Å². The lowest BCUT2D eigenvalue weighted by Crippen LogP contribution is -2.30. The quantitative estimate of drug-likeness (QED) is 0.388. The summed E-state index contributed by atoms with van der Waals surface area (Å²) in [7, 11) is 0. The zero-order valence-electron chi connectivity index (χ0n) is 11.5. The van der Waals surface area contributed by atoms with E-state index < -0.39 is 0 Å². The summed E-state index contributed by atoms with van der Waals surface area (Å²) in [6.07, 6.45) is 4.88. The number of rotatable bonds is 8.